The highest BCUT2D eigenvalue weighted by Crippen LogP contribution is 2.25. The maximum atomic E-state index is 8.96. The van der Waals surface area contributed by atoms with Gasteiger partial charge in [-0.25, -0.2) is 4.98 Å². The van der Waals surface area contributed by atoms with Crippen LogP contribution >= 0.6 is 22.9 Å². The minimum absolute atomic E-state index is 0.439. The Morgan fingerprint density at radius 2 is 2.21 bits per heavy atom. The quantitative estimate of drug-likeness (QED) is 0.787. The molecular weight excluding hydrogens is 280 g/mol. The van der Waals surface area contributed by atoms with E-state index in [1.54, 1.807) is 12.1 Å². The first-order valence-electron chi connectivity index (χ1n) is 5.57. The van der Waals surface area contributed by atoms with Gasteiger partial charge in [-0.3, -0.25) is 0 Å². The summed E-state index contributed by atoms with van der Waals surface area (Å²) in [6.45, 7) is 0.606. The van der Waals surface area contributed by atoms with Crippen LogP contribution < -0.4 is 5.73 Å². The number of hydrogen-bond acceptors (Lipinski definition) is 4. The van der Waals surface area contributed by atoms with Crippen molar-refractivity contribution in [3.63, 3.8) is 0 Å². The molecule has 0 aliphatic carbocycles. The molecule has 0 saturated carbocycles. The Kier molecular flexibility index (Phi) is 2.90. The molecule has 19 heavy (non-hydrogen) atoms. The van der Waals surface area contributed by atoms with Gasteiger partial charge >= 0.3 is 0 Å². The van der Waals surface area contributed by atoms with Crippen molar-refractivity contribution >= 4 is 39.9 Å². The second-order valence-corrected chi connectivity index (χ2v) is 5.88. The molecule has 0 aliphatic rings. The molecule has 0 unspecified atom stereocenters. The van der Waals surface area contributed by atoms with Gasteiger partial charge in [0.25, 0.3) is 0 Å². The number of benzene rings is 1. The van der Waals surface area contributed by atoms with Crippen molar-refractivity contribution in [1.29, 1.82) is 5.26 Å². The lowest BCUT2D eigenvalue weighted by atomic mass is 10.2. The van der Waals surface area contributed by atoms with E-state index in [-0.39, 0.29) is 0 Å². The standard InChI is InChI=1S/C13H9ClN4S/c14-12-4-2-9(19-12)7-18-11-5-8(6-15)1-3-10(11)17-13(18)16/h1-5H,7H2,(H2,16,17). The van der Waals surface area contributed by atoms with Crippen LogP contribution in [0.4, 0.5) is 5.95 Å². The number of nitrogen functional groups attached to an aromatic ring is 1. The highest BCUT2D eigenvalue weighted by molar-refractivity contribution is 7.16. The molecule has 3 rings (SSSR count). The first-order chi connectivity index (χ1) is 9.17. The molecule has 2 aromatic heterocycles. The maximum Gasteiger partial charge on any atom is 0.201 e. The summed E-state index contributed by atoms with van der Waals surface area (Å²) in [5.74, 6) is 0.439. The second kappa shape index (κ2) is 4.57. The van der Waals surface area contributed by atoms with Crippen molar-refractivity contribution in [3.05, 3.63) is 45.1 Å². The van der Waals surface area contributed by atoms with Crippen molar-refractivity contribution in [2.45, 2.75) is 6.54 Å². The maximum absolute atomic E-state index is 8.96. The molecule has 6 heteroatoms. The molecule has 0 aliphatic heterocycles. The Morgan fingerprint density at radius 1 is 1.37 bits per heavy atom. The van der Waals surface area contributed by atoms with Gasteiger partial charge in [-0.1, -0.05) is 11.6 Å². The monoisotopic (exact) mass is 288 g/mol. The third kappa shape index (κ3) is 2.16. The number of nitriles is 1. The summed E-state index contributed by atoms with van der Waals surface area (Å²) in [4.78, 5) is 5.39. The zero-order chi connectivity index (χ0) is 13.4. The van der Waals surface area contributed by atoms with E-state index in [1.165, 1.54) is 11.3 Å². The fourth-order valence-corrected chi connectivity index (χ4v) is 3.05. The number of thiophene rings is 1. The van der Waals surface area contributed by atoms with Gasteiger partial charge in [0.1, 0.15) is 0 Å². The number of nitrogens with zero attached hydrogens (tertiary/aromatic N) is 3. The molecule has 0 radical (unpaired) electrons. The predicted octanol–water partition coefficient (Wildman–Crippen LogP) is 3.25. The van der Waals surface area contributed by atoms with Crippen LogP contribution in [0.25, 0.3) is 11.0 Å². The third-order valence-electron chi connectivity index (χ3n) is 2.85. The van der Waals surface area contributed by atoms with Crippen LogP contribution in [-0.2, 0) is 6.54 Å². The number of halogens is 1. The van der Waals surface area contributed by atoms with Crippen molar-refractivity contribution in [2.75, 3.05) is 5.73 Å². The summed E-state index contributed by atoms with van der Waals surface area (Å²) in [5.41, 5.74) is 8.19. The van der Waals surface area contributed by atoms with Gasteiger partial charge in [0, 0.05) is 4.88 Å². The first kappa shape index (κ1) is 12.0. The van der Waals surface area contributed by atoms with E-state index in [0.717, 1.165) is 20.2 Å². The van der Waals surface area contributed by atoms with Gasteiger partial charge in [0.15, 0.2) is 0 Å². The molecule has 0 atom stereocenters. The molecule has 0 spiro atoms. The molecule has 0 bridgehead atoms. The molecule has 4 nitrogen and oxygen atoms in total. The van der Waals surface area contributed by atoms with Crippen molar-refractivity contribution in [1.82, 2.24) is 9.55 Å². The lowest BCUT2D eigenvalue weighted by molar-refractivity contribution is 0.853. The van der Waals surface area contributed by atoms with Crippen LogP contribution in [0, 0.1) is 11.3 Å². The van der Waals surface area contributed by atoms with Gasteiger partial charge in [0.05, 0.1) is 33.5 Å². The molecule has 1 aromatic carbocycles. The third-order valence-corrected chi connectivity index (χ3v) is 4.07. The molecule has 94 valence electrons. The van der Waals surface area contributed by atoms with E-state index >= 15 is 0 Å². The summed E-state index contributed by atoms with van der Waals surface area (Å²) in [7, 11) is 0. The number of rotatable bonds is 2. The Morgan fingerprint density at radius 3 is 2.89 bits per heavy atom. The first-order valence-corrected chi connectivity index (χ1v) is 6.77. The Hall–Kier alpha value is -2.03. The van der Waals surface area contributed by atoms with E-state index < -0.39 is 0 Å². The van der Waals surface area contributed by atoms with Crippen molar-refractivity contribution in [3.8, 4) is 6.07 Å². The summed E-state index contributed by atoms with van der Waals surface area (Å²) < 4.78 is 2.63. The van der Waals surface area contributed by atoms with Crippen LogP contribution in [0.3, 0.4) is 0 Å². The van der Waals surface area contributed by atoms with Crippen LogP contribution in [-0.4, -0.2) is 9.55 Å². The summed E-state index contributed by atoms with van der Waals surface area (Å²) in [6, 6.07) is 11.3. The minimum atomic E-state index is 0.439. The highest BCUT2D eigenvalue weighted by Gasteiger charge is 2.10. The number of imidazole rings is 1. The summed E-state index contributed by atoms with van der Waals surface area (Å²) in [5, 5.41) is 8.96. The van der Waals surface area contributed by atoms with Crippen molar-refractivity contribution < 1.29 is 0 Å². The number of aromatic nitrogens is 2. The van der Waals surface area contributed by atoms with Gasteiger partial charge in [-0.15, -0.1) is 11.3 Å². The SMILES string of the molecule is N#Cc1ccc2nc(N)n(Cc3ccc(Cl)s3)c2c1. The van der Waals surface area contributed by atoms with Gasteiger partial charge < -0.3 is 10.3 Å². The highest BCUT2D eigenvalue weighted by atomic mass is 35.5. The molecule has 0 saturated heterocycles. The van der Waals surface area contributed by atoms with Crippen LogP contribution in [0.1, 0.15) is 10.4 Å². The molecular formula is C13H9ClN4S. The zero-order valence-electron chi connectivity index (χ0n) is 9.80. The number of anilines is 1. The largest absolute Gasteiger partial charge is 0.369 e. The summed E-state index contributed by atoms with van der Waals surface area (Å²) in [6.07, 6.45) is 0. The van der Waals surface area contributed by atoms with Gasteiger partial charge in [0.2, 0.25) is 5.95 Å². The molecule has 3 aromatic rings. The van der Waals surface area contributed by atoms with Crippen molar-refractivity contribution in [2.24, 2.45) is 0 Å². The predicted molar refractivity (Wildman–Crippen MR) is 77.3 cm³/mol. The van der Waals surface area contributed by atoms with Crippen LogP contribution in [0.5, 0.6) is 0 Å². The van der Waals surface area contributed by atoms with E-state index in [2.05, 4.69) is 11.1 Å². The molecule has 0 fully saturated rings. The normalized spacial score (nSPS) is 10.7. The van der Waals surface area contributed by atoms with E-state index in [0.29, 0.717) is 18.1 Å². The smallest absolute Gasteiger partial charge is 0.201 e. The number of fused-ring (bicyclic) bond motifs is 1. The Balaban J connectivity index is 2.11. The molecule has 2 heterocycles. The molecule has 2 N–H and O–H groups in total. The fourth-order valence-electron chi connectivity index (χ4n) is 1.97. The fraction of sp³-hybridized carbons (Fsp3) is 0.0769. The second-order valence-electron chi connectivity index (χ2n) is 4.08. The zero-order valence-corrected chi connectivity index (χ0v) is 11.4. The van der Waals surface area contributed by atoms with E-state index in [9.17, 15) is 0 Å². The lowest BCUT2D eigenvalue weighted by Crippen LogP contribution is -2.03. The lowest BCUT2D eigenvalue weighted by Gasteiger charge is -2.04. The number of nitrogens with two attached hydrogens (primary N) is 1. The van der Waals surface area contributed by atoms with E-state index in [1.807, 2.05) is 22.8 Å². The van der Waals surface area contributed by atoms with Crippen LogP contribution in [0.2, 0.25) is 4.34 Å². The Labute approximate surface area is 118 Å². The van der Waals surface area contributed by atoms with Gasteiger partial charge in [-0.2, -0.15) is 5.26 Å². The Bertz CT molecular complexity index is 797. The average molecular weight is 289 g/mol. The topological polar surface area (TPSA) is 67.6 Å². The average Bonchev–Trinajstić information content (AvgIpc) is 2.94. The minimum Gasteiger partial charge on any atom is -0.369 e. The summed E-state index contributed by atoms with van der Waals surface area (Å²) >= 11 is 7.44. The van der Waals surface area contributed by atoms with Crippen LogP contribution in [0.15, 0.2) is 30.3 Å². The number of hydrogen-bond donors (Lipinski definition) is 1. The van der Waals surface area contributed by atoms with Gasteiger partial charge in [-0.05, 0) is 30.3 Å². The molecule has 0 amide bonds. The van der Waals surface area contributed by atoms with E-state index in [4.69, 9.17) is 22.6 Å².